The highest BCUT2D eigenvalue weighted by atomic mass is 32.1. The van der Waals surface area contributed by atoms with E-state index < -0.39 is 0 Å². The van der Waals surface area contributed by atoms with Gasteiger partial charge in [-0.1, -0.05) is 6.07 Å². The summed E-state index contributed by atoms with van der Waals surface area (Å²) in [4.78, 5) is 24.5. The summed E-state index contributed by atoms with van der Waals surface area (Å²) in [6, 6.07) is 9.06. The SMILES string of the molecule is O=C(NCc1nc(-c2ccccn2)cs1)c1ccncc1. The number of hydrogen-bond donors (Lipinski definition) is 1. The van der Waals surface area contributed by atoms with Crippen molar-refractivity contribution in [3.8, 4) is 11.4 Å². The molecule has 0 radical (unpaired) electrons. The fourth-order valence-corrected chi connectivity index (χ4v) is 2.51. The van der Waals surface area contributed by atoms with E-state index in [9.17, 15) is 4.79 Å². The maximum atomic E-state index is 11.9. The third-order valence-corrected chi connectivity index (χ3v) is 3.67. The van der Waals surface area contributed by atoms with Crippen molar-refractivity contribution in [3.05, 3.63) is 64.9 Å². The van der Waals surface area contributed by atoms with E-state index in [0.29, 0.717) is 12.1 Å². The van der Waals surface area contributed by atoms with Crippen LogP contribution >= 0.6 is 11.3 Å². The standard InChI is InChI=1S/C15H12N4OS/c20-15(11-4-7-16-8-5-11)18-9-14-19-13(10-21-14)12-3-1-2-6-17-12/h1-8,10H,9H2,(H,18,20). The Labute approximate surface area is 125 Å². The topological polar surface area (TPSA) is 67.8 Å². The predicted molar refractivity (Wildman–Crippen MR) is 80.8 cm³/mol. The van der Waals surface area contributed by atoms with Gasteiger partial charge in [0.05, 0.1) is 17.9 Å². The van der Waals surface area contributed by atoms with E-state index in [4.69, 9.17) is 0 Å². The molecule has 5 nitrogen and oxygen atoms in total. The van der Waals surface area contributed by atoms with Crippen LogP contribution in [0.2, 0.25) is 0 Å². The predicted octanol–water partition coefficient (Wildman–Crippen LogP) is 2.53. The number of carbonyl (C=O) groups is 1. The minimum absolute atomic E-state index is 0.132. The van der Waals surface area contributed by atoms with Crippen molar-refractivity contribution in [3.63, 3.8) is 0 Å². The molecule has 21 heavy (non-hydrogen) atoms. The van der Waals surface area contributed by atoms with Crippen molar-refractivity contribution < 1.29 is 4.79 Å². The number of amides is 1. The van der Waals surface area contributed by atoms with Crippen molar-refractivity contribution in [1.82, 2.24) is 20.3 Å². The zero-order valence-electron chi connectivity index (χ0n) is 11.1. The van der Waals surface area contributed by atoms with Gasteiger partial charge in [-0.15, -0.1) is 11.3 Å². The van der Waals surface area contributed by atoms with Gasteiger partial charge in [-0.25, -0.2) is 4.98 Å². The van der Waals surface area contributed by atoms with E-state index in [0.717, 1.165) is 16.4 Å². The van der Waals surface area contributed by atoms with Crippen molar-refractivity contribution in [2.24, 2.45) is 0 Å². The maximum Gasteiger partial charge on any atom is 0.251 e. The summed E-state index contributed by atoms with van der Waals surface area (Å²) in [6.45, 7) is 0.401. The number of nitrogens with one attached hydrogen (secondary N) is 1. The Kier molecular flexibility index (Phi) is 3.97. The molecule has 6 heteroatoms. The van der Waals surface area contributed by atoms with E-state index in [-0.39, 0.29) is 5.91 Å². The van der Waals surface area contributed by atoms with Gasteiger partial charge in [-0.2, -0.15) is 0 Å². The third kappa shape index (κ3) is 3.29. The van der Waals surface area contributed by atoms with E-state index in [2.05, 4.69) is 20.3 Å². The molecule has 3 aromatic heterocycles. The number of thiazole rings is 1. The van der Waals surface area contributed by atoms with E-state index in [1.807, 2.05) is 23.6 Å². The summed E-state index contributed by atoms with van der Waals surface area (Å²) in [6.07, 6.45) is 4.93. The highest BCUT2D eigenvalue weighted by Gasteiger charge is 2.08. The zero-order chi connectivity index (χ0) is 14.5. The average molecular weight is 296 g/mol. The smallest absolute Gasteiger partial charge is 0.251 e. The number of rotatable bonds is 4. The highest BCUT2D eigenvalue weighted by Crippen LogP contribution is 2.19. The molecule has 0 saturated heterocycles. The quantitative estimate of drug-likeness (QED) is 0.803. The van der Waals surface area contributed by atoms with Gasteiger partial charge in [0.2, 0.25) is 0 Å². The Morgan fingerprint density at radius 1 is 1.10 bits per heavy atom. The number of carbonyl (C=O) groups excluding carboxylic acids is 1. The Balaban J connectivity index is 1.64. The summed E-state index contributed by atoms with van der Waals surface area (Å²) < 4.78 is 0. The van der Waals surface area contributed by atoms with E-state index in [1.54, 1.807) is 30.7 Å². The number of hydrogen-bond acceptors (Lipinski definition) is 5. The molecule has 0 saturated carbocycles. The summed E-state index contributed by atoms with van der Waals surface area (Å²) in [5.41, 5.74) is 2.25. The Morgan fingerprint density at radius 3 is 2.71 bits per heavy atom. The summed E-state index contributed by atoms with van der Waals surface area (Å²) in [7, 11) is 0. The molecular weight excluding hydrogens is 284 g/mol. The van der Waals surface area contributed by atoms with Gasteiger partial charge in [-0.3, -0.25) is 14.8 Å². The van der Waals surface area contributed by atoms with Crippen LogP contribution in [0.3, 0.4) is 0 Å². The summed E-state index contributed by atoms with van der Waals surface area (Å²) in [5.74, 6) is -0.132. The second kappa shape index (κ2) is 6.23. The number of aromatic nitrogens is 3. The molecule has 3 rings (SSSR count). The molecule has 104 valence electrons. The minimum Gasteiger partial charge on any atom is -0.346 e. The monoisotopic (exact) mass is 296 g/mol. The first kappa shape index (κ1) is 13.4. The van der Waals surface area contributed by atoms with Crippen LogP contribution in [0.1, 0.15) is 15.4 Å². The zero-order valence-corrected chi connectivity index (χ0v) is 11.9. The van der Waals surface area contributed by atoms with Crippen LogP contribution in [0.15, 0.2) is 54.3 Å². The third-order valence-electron chi connectivity index (χ3n) is 2.82. The molecule has 0 aliphatic heterocycles. The molecule has 0 aromatic carbocycles. The second-order valence-electron chi connectivity index (χ2n) is 4.26. The first-order valence-corrected chi connectivity index (χ1v) is 7.25. The largest absolute Gasteiger partial charge is 0.346 e. The van der Waals surface area contributed by atoms with Crippen LogP contribution in [-0.2, 0) is 6.54 Å². The van der Waals surface area contributed by atoms with Crippen LogP contribution in [-0.4, -0.2) is 20.9 Å². The normalized spacial score (nSPS) is 10.3. The lowest BCUT2D eigenvalue weighted by Crippen LogP contribution is -2.22. The van der Waals surface area contributed by atoms with Crippen LogP contribution in [0.25, 0.3) is 11.4 Å². The first-order chi connectivity index (χ1) is 10.3. The van der Waals surface area contributed by atoms with Crippen LogP contribution in [0, 0.1) is 0 Å². The van der Waals surface area contributed by atoms with Gasteiger partial charge in [-0.05, 0) is 24.3 Å². The van der Waals surface area contributed by atoms with Crippen molar-refractivity contribution >= 4 is 17.2 Å². The second-order valence-corrected chi connectivity index (χ2v) is 5.20. The molecule has 1 amide bonds. The van der Waals surface area contributed by atoms with Crippen molar-refractivity contribution in [2.45, 2.75) is 6.54 Å². The molecule has 0 atom stereocenters. The molecule has 0 bridgehead atoms. The van der Waals surface area contributed by atoms with Crippen LogP contribution in [0.4, 0.5) is 0 Å². The lowest BCUT2D eigenvalue weighted by atomic mass is 10.2. The molecule has 0 aliphatic carbocycles. The summed E-state index contributed by atoms with van der Waals surface area (Å²) >= 11 is 1.50. The fraction of sp³-hybridized carbons (Fsp3) is 0.0667. The van der Waals surface area contributed by atoms with Gasteiger partial charge in [0.1, 0.15) is 5.01 Å². The minimum atomic E-state index is -0.132. The molecule has 3 aromatic rings. The molecule has 0 aliphatic rings. The van der Waals surface area contributed by atoms with Crippen LogP contribution < -0.4 is 5.32 Å². The molecule has 3 heterocycles. The Hall–Kier alpha value is -2.60. The van der Waals surface area contributed by atoms with Gasteiger partial charge < -0.3 is 5.32 Å². The average Bonchev–Trinajstić information content (AvgIpc) is 3.03. The molecule has 0 unspecified atom stereocenters. The van der Waals surface area contributed by atoms with Crippen molar-refractivity contribution in [2.75, 3.05) is 0 Å². The molecule has 0 spiro atoms. The lowest BCUT2D eigenvalue weighted by Gasteiger charge is -2.02. The van der Waals surface area contributed by atoms with Gasteiger partial charge in [0.25, 0.3) is 5.91 Å². The van der Waals surface area contributed by atoms with E-state index >= 15 is 0 Å². The first-order valence-electron chi connectivity index (χ1n) is 6.37. The number of nitrogens with zero attached hydrogens (tertiary/aromatic N) is 3. The molecular formula is C15H12N4OS. The fourth-order valence-electron chi connectivity index (χ4n) is 1.79. The molecule has 0 fully saturated rings. The highest BCUT2D eigenvalue weighted by molar-refractivity contribution is 7.09. The summed E-state index contributed by atoms with van der Waals surface area (Å²) in [5, 5.41) is 5.63. The lowest BCUT2D eigenvalue weighted by molar-refractivity contribution is 0.0951. The van der Waals surface area contributed by atoms with Gasteiger partial charge >= 0.3 is 0 Å². The van der Waals surface area contributed by atoms with Crippen molar-refractivity contribution in [1.29, 1.82) is 0 Å². The molecule has 1 N–H and O–H groups in total. The van der Waals surface area contributed by atoms with Gasteiger partial charge in [0.15, 0.2) is 0 Å². The Bertz CT molecular complexity index is 728. The van der Waals surface area contributed by atoms with Crippen LogP contribution in [0.5, 0.6) is 0 Å². The maximum absolute atomic E-state index is 11.9. The van der Waals surface area contributed by atoms with E-state index in [1.165, 1.54) is 11.3 Å². The van der Waals surface area contributed by atoms with Gasteiger partial charge in [0, 0.05) is 29.5 Å². The number of pyridine rings is 2. The Morgan fingerprint density at radius 2 is 1.95 bits per heavy atom.